The highest BCUT2D eigenvalue weighted by Gasteiger charge is 2.15. The molecule has 1 aromatic rings. The number of carboxylic acid groups (broad SMARTS) is 1. The molecule has 1 unspecified atom stereocenters. The SMILES string of the molecule is COc1ccc(OC)c(C(C)NC(=O)CCCC(=O)O)c1. The maximum atomic E-state index is 11.8. The van der Waals surface area contributed by atoms with E-state index in [2.05, 4.69) is 5.32 Å². The third kappa shape index (κ3) is 5.33. The average Bonchev–Trinajstić information content (AvgIpc) is 2.45. The number of rotatable bonds is 8. The van der Waals surface area contributed by atoms with Crippen LogP contribution in [-0.4, -0.2) is 31.2 Å². The third-order valence-electron chi connectivity index (χ3n) is 3.08. The van der Waals surface area contributed by atoms with Gasteiger partial charge in [-0.25, -0.2) is 0 Å². The maximum Gasteiger partial charge on any atom is 0.303 e. The molecular formula is C15H21NO5. The fourth-order valence-electron chi connectivity index (χ4n) is 1.97. The molecule has 0 saturated carbocycles. The summed E-state index contributed by atoms with van der Waals surface area (Å²) < 4.78 is 10.4. The first-order chi connectivity index (χ1) is 9.97. The molecule has 0 heterocycles. The molecule has 1 atom stereocenters. The van der Waals surface area contributed by atoms with Crippen molar-refractivity contribution in [2.24, 2.45) is 0 Å². The Balaban J connectivity index is 2.67. The van der Waals surface area contributed by atoms with Crippen LogP contribution in [0.4, 0.5) is 0 Å². The van der Waals surface area contributed by atoms with Gasteiger partial charge in [0.1, 0.15) is 11.5 Å². The quantitative estimate of drug-likeness (QED) is 0.767. The molecule has 1 aromatic carbocycles. The van der Waals surface area contributed by atoms with Gasteiger partial charge >= 0.3 is 5.97 Å². The monoisotopic (exact) mass is 295 g/mol. The minimum atomic E-state index is -0.898. The molecule has 0 spiro atoms. The molecule has 0 aliphatic heterocycles. The Morgan fingerprint density at radius 3 is 2.52 bits per heavy atom. The van der Waals surface area contributed by atoms with Crippen molar-refractivity contribution in [2.45, 2.75) is 32.2 Å². The fourth-order valence-corrected chi connectivity index (χ4v) is 1.97. The van der Waals surface area contributed by atoms with E-state index in [4.69, 9.17) is 14.6 Å². The zero-order chi connectivity index (χ0) is 15.8. The molecule has 0 aliphatic rings. The van der Waals surface area contributed by atoms with Crippen LogP contribution < -0.4 is 14.8 Å². The molecule has 6 heteroatoms. The van der Waals surface area contributed by atoms with Gasteiger partial charge in [-0.2, -0.15) is 0 Å². The molecule has 0 saturated heterocycles. The zero-order valence-corrected chi connectivity index (χ0v) is 12.5. The molecule has 0 fully saturated rings. The van der Waals surface area contributed by atoms with Crippen molar-refractivity contribution in [2.75, 3.05) is 14.2 Å². The number of carbonyl (C=O) groups is 2. The van der Waals surface area contributed by atoms with Crippen LogP contribution in [0.3, 0.4) is 0 Å². The number of aliphatic carboxylic acids is 1. The van der Waals surface area contributed by atoms with Gasteiger partial charge < -0.3 is 19.9 Å². The standard InChI is InChI=1S/C15H21NO5/c1-10(16-14(17)5-4-6-15(18)19)12-9-11(20-2)7-8-13(12)21-3/h7-10H,4-6H2,1-3H3,(H,16,17)(H,18,19). The van der Waals surface area contributed by atoms with E-state index in [1.54, 1.807) is 32.4 Å². The Hall–Kier alpha value is -2.24. The van der Waals surface area contributed by atoms with Gasteiger partial charge in [-0.05, 0) is 31.5 Å². The molecule has 0 aliphatic carbocycles. The Morgan fingerprint density at radius 2 is 1.95 bits per heavy atom. The summed E-state index contributed by atoms with van der Waals surface area (Å²) in [5, 5.41) is 11.4. The topological polar surface area (TPSA) is 84.9 Å². The minimum absolute atomic E-state index is 0.00964. The number of carboxylic acids is 1. The van der Waals surface area contributed by atoms with Gasteiger partial charge in [0.15, 0.2) is 0 Å². The van der Waals surface area contributed by atoms with E-state index in [0.29, 0.717) is 17.9 Å². The van der Waals surface area contributed by atoms with E-state index in [1.165, 1.54) is 0 Å². The number of methoxy groups -OCH3 is 2. The first-order valence-corrected chi connectivity index (χ1v) is 6.71. The maximum absolute atomic E-state index is 11.8. The second-order valence-electron chi connectivity index (χ2n) is 4.64. The van der Waals surface area contributed by atoms with Gasteiger partial charge in [0.05, 0.1) is 20.3 Å². The lowest BCUT2D eigenvalue weighted by Crippen LogP contribution is -2.26. The lowest BCUT2D eigenvalue weighted by molar-refractivity contribution is -0.137. The Labute approximate surface area is 124 Å². The van der Waals surface area contributed by atoms with Crippen molar-refractivity contribution in [1.29, 1.82) is 0 Å². The summed E-state index contributed by atoms with van der Waals surface area (Å²) in [5.74, 6) is 0.255. The van der Waals surface area contributed by atoms with Gasteiger partial charge in [0.2, 0.25) is 5.91 Å². The van der Waals surface area contributed by atoms with Crippen LogP contribution in [0.1, 0.15) is 37.8 Å². The highest BCUT2D eigenvalue weighted by Crippen LogP contribution is 2.29. The van der Waals surface area contributed by atoms with Gasteiger partial charge in [0, 0.05) is 18.4 Å². The fraction of sp³-hybridized carbons (Fsp3) is 0.467. The number of carbonyl (C=O) groups excluding carboxylic acids is 1. The van der Waals surface area contributed by atoms with Crippen molar-refractivity contribution in [3.8, 4) is 11.5 Å². The van der Waals surface area contributed by atoms with Crippen molar-refractivity contribution in [3.63, 3.8) is 0 Å². The summed E-state index contributed by atoms with van der Waals surface area (Å²) in [6, 6.07) is 5.11. The van der Waals surface area contributed by atoms with Crippen LogP contribution in [0.5, 0.6) is 11.5 Å². The van der Waals surface area contributed by atoms with E-state index in [9.17, 15) is 9.59 Å². The predicted molar refractivity (Wildman–Crippen MR) is 77.6 cm³/mol. The molecule has 0 aromatic heterocycles. The van der Waals surface area contributed by atoms with E-state index < -0.39 is 5.97 Å². The highest BCUT2D eigenvalue weighted by atomic mass is 16.5. The number of nitrogens with one attached hydrogen (secondary N) is 1. The first kappa shape index (κ1) is 16.8. The number of hydrogen-bond donors (Lipinski definition) is 2. The zero-order valence-electron chi connectivity index (χ0n) is 12.5. The molecule has 6 nitrogen and oxygen atoms in total. The van der Waals surface area contributed by atoms with Gasteiger partial charge in [-0.1, -0.05) is 0 Å². The summed E-state index contributed by atoms with van der Waals surface area (Å²) in [4.78, 5) is 22.2. The highest BCUT2D eigenvalue weighted by molar-refractivity contribution is 5.77. The summed E-state index contributed by atoms with van der Waals surface area (Å²) in [6.07, 6.45) is 0.496. The van der Waals surface area contributed by atoms with Crippen LogP contribution >= 0.6 is 0 Å². The number of hydrogen-bond acceptors (Lipinski definition) is 4. The van der Waals surface area contributed by atoms with E-state index in [0.717, 1.165) is 5.56 Å². The largest absolute Gasteiger partial charge is 0.497 e. The van der Waals surface area contributed by atoms with Crippen molar-refractivity contribution in [1.82, 2.24) is 5.32 Å². The van der Waals surface area contributed by atoms with Gasteiger partial charge in [-0.3, -0.25) is 9.59 Å². The van der Waals surface area contributed by atoms with E-state index in [1.807, 2.05) is 6.92 Å². The molecule has 0 radical (unpaired) electrons. The van der Waals surface area contributed by atoms with Crippen molar-refractivity contribution < 1.29 is 24.2 Å². The van der Waals surface area contributed by atoms with Crippen molar-refractivity contribution in [3.05, 3.63) is 23.8 Å². The van der Waals surface area contributed by atoms with Crippen LogP contribution in [-0.2, 0) is 9.59 Å². The number of amides is 1. The number of ether oxygens (including phenoxy) is 2. The van der Waals surface area contributed by atoms with Crippen LogP contribution in [0.15, 0.2) is 18.2 Å². The Kier molecular flexibility index (Phi) is 6.52. The minimum Gasteiger partial charge on any atom is -0.497 e. The Bertz CT molecular complexity index is 501. The summed E-state index contributed by atoms with van der Waals surface area (Å²) >= 11 is 0. The average molecular weight is 295 g/mol. The van der Waals surface area contributed by atoms with Crippen LogP contribution in [0.2, 0.25) is 0 Å². The second kappa shape index (κ2) is 8.14. The molecule has 0 bridgehead atoms. The summed E-state index contributed by atoms with van der Waals surface area (Å²) in [5.41, 5.74) is 0.809. The lowest BCUT2D eigenvalue weighted by atomic mass is 10.1. The third-order valence-corrected chi connectivity index (χ3v) is 3.08. The van der Waals surface area contributed by atoms with Gasteiger partial charge in [0.25, 0.3) is 0 Å². The number of benzene rings is 1. The van der Waals surface area contributed by atoms with E-state index in [-0.39, 0.29) is 24.8 Å². The molecule has 2 N–H and O–H groups in total. The predicted octanol–water partition coefficient (Wildman–Crippen LogP) is 2.14. The van der Waals surface area contributed by atoms with Crippen LogP contribution in [0, 0.1) is 0 Å². The van der Waals surface area contributed by atoms with E-state index >= 15 is 0 Å². The smallest absolute Gasteiger partial charge is 0.303 e. The lowest BCUT2D eigenvalue weighted by Gasteiger charge is -2.18. The molecule has 1 rings (SSSR count). The van der Waals surface area contributed by atoms with Gasteiger partial charge in [-0.15, -0.1) is 0 Å². The molecule has 116 valence electrons. The normalized spacial score (nSPS) is 11.6. The summed E-state index contributed by atoms with van der Waals surface area (Å²) in [6.45, 7) is 1.84. The molecular weight excluding hydrogens is 274 g/mol. The Morgan fingerprint density at radius 1 is 1.24 bits per heavy atom. The molecule has 1 amide bonds. The first-order valence-electron chi connectivity index (χ1n) is 6.71. The van der Waals surface area contributed by atoms with Crippen LogP contribution in [0.25, 0.3) is 0 Å². The summed E-state index contributed by atoms with van der Waals surface area (Å²) in [7, 11) is 3.13. The van der Waals surface area contributed by atoms with Crippen molar-refractivity contribution >= 4 is 11.9 Å². The molecule has 21 heavy (non-hydrogen) atoms. The second-order valence-corrected chi connectivity index (χ2v) is 4.64.